The molecular weight excluding hydrogens is 876 g/mol. The number of rotatable bonds is 10. The smallest absolute Gasteiger partial charge is 0.410 e. The molecule has 0 saturated heterocycles. The van der Waals surface area contributed by atoms with Crippen LogP contribution in [0, 0.1) is 46.2 Å². The Kier molecular flexibility index (Phi) is 15.1. The average Bonchev–Trinajstić information content (AvgIpc) is 3.73. The maximum atomic E-state index is 15.6. The lowest BCUT2D eigenvalue weighted by Gasteiger charge is -2.24. The van der Waals surface area contributed by atoms with Crippen molar-refractivity contribution in [2.45, 2.75) is 49.3 Å². The Morgan fingerprint density at radius 1 is 0.742 bits per heavy atom. The molecule has 0 aliphatic heterocycles. The summed E-state index contributed by atoms with van der Waals surface area (Å²) in [6.07, 6.45) is 3.60. The molecule has 6 rings (SSSR count). The van der Waals surface area contributed by atoms with E-state index in [-0.39, 0.29) is 63.1 Å². The molecule has 2 aromatic carbocycles. The molecule has 1 N–H and O–H groups in total. The monoisotopic (exact) mass is 912 g/mol. The Morgan fingerprint density at radius 3 is 1.56 bits per heavy atom. The van der Waals surface area contributed by atoms with E-state index >= 15 is 4.39 Å². The Balaban J connectivity index is 0.000000275. The third-order valence-corrected chi connectivity index (χ3v) is 12.0. The average molecular weight is 913 g/mol. The molecule has 62 heavy (non-hydrogen) atoms. The van der Waals surface area contributed by atoms with Gasteiger partial charge in [0.15, 0.2) is 11.6 Å². The largest absolute Gasteiger partial charge is 0.444 e. The minimum absolute atomic E-state index is 0. The number of nitrogens with one attached hydrogen (secondary N) is 1. The molecule has 0 bridgehead atoms. The summed E-state index contributed by atoms with van der Waals surface area (Å²) in [5.74, 6) is -4.03. The summed E-state index contributed by atoms with van der Waals surface area (Å²) in [6, 6.07) is 19.7. The third-order valence-electron chi connectivity index (χ3n) is 8.56. The van der Waals surface area contributed by atoms with Gasteiger partial charge in [-0.05, 0) is 76.3 Å². The molecule has 0 atom stereocenters. The van der Waals surface area contributed by atoms with Crippen LogP contribution in [0.15, 0.2) is 107 Å². The van der Waals surface area contributed by atoms with E-state index in [1.165, 1.54) is 86.0 Å². The molecule has 0 spiro atoms. The number of nitriles is 2. The predicted octanol–water partition coefficient (Wildman–Crippen LogP) is 7.38. The van der Waals surface area contributed by atoms with Crippen LogP contribution >= 0.6 is 12.4 Å². The van der Waals surface area contributed by atoms with E-state index in [4.69, 9.17) is 4.74 Å². The summed E-state index contributed by atoms with van der Waals surface area (Å²) in [4.78, 5) is 19.7. The predicted molar refractivity (Wildman–Crippen MR) is 220 cm³/mol. The van der Waals surface area contributed by atoms with E-state index in [1.54, 1.807) is 40.0 Å². The van der Waals surface area contributed by atoms with Gasteiger partial charge in [-0.1, -0.05) is 24.3 Å². The van der Waals surface area contributed by atoms with Crippen molar-refractivity contribution >= 4 is 38.5 Å². The fourth-order valence-corrected chi connectivity index (χ4v) is 8.94. The minimum atomic E-state index is -4.54. The molecule has 0 aliphatic rings. The molecule has 0 fully saturated rings. The summed E-state index contributed by atoms with van der Waals surface area (Å²) in [5.41, 5.74) is -3.01. The first-order valence-corrected chi connectivity index (χ1v) is 20.8. The molecule has 0 unspecified atom stereocenters. The number of carbonyl (C=O) groups is 1. The number of hydrogen-bond acceptors (Lipinski definition) is 11. The number of aromatic nitrogens is 4. The molecule has 0 radical (unpaired) electrons. The highest BCUT2D eigenvalue weighted by molar-refractivity contribution is 7.90. The number of ether oxygens (including phenoxy) is 1. The highest BCUT2D eigenvalue weighted by Crippen LogP contribution is 2.34. The van der Waals surface area contributed by atoms with Crippen LogP contribution < -0.4 is 5.32 Å². The fourth-order valence-electron chi connectivity index (χ4n) is 5.87. The molecule has 6 aromatic rings. The van der Waals surface area contributed by atoms with E-state index in [2.05, 4.69) is 15.3 Å². The van der Waals surface area contributed by atoms with Crippen molar-refractivity contribution < 1.29 is 43.9 Å². The molecule has 1 amide bonds. The van der Waals surface area contributed by atoms with Gasteiger partial charge >= 0.3 is 6.09 Å². The van der Waals surface area contributed by atoms with Crippen molar-refractivity contribution in [1.29, 1.82) is 10.5 Å². The van der Waals surface area contributed by atoms with Crippen molar-refractivity contribution in [1.82, 2.24) is 28.1 Å². The van der Waals surface area contributed by atoms with E-state index in [0.29, 0.717) is 7.94 Å². The van der Waals surface area contributed by atoms with Crippen molar-refractivity contribution in [2.75, 3.05) is 14.1 Å². The van der Waals surface area contributed by atoms with Gasteiger partial charge in [-0.15, -0.1) is 12.4 Å². The molecule has 4 aromatic heterocycles. The van der Waals surface area contributed by atoms with Crippen LogP contribution in [0.4, 0.5) is 22.4 Å². The summed E-state index contributed by atoms with van der Waals surface area (Å²) in [5, 5.41) is 21.3. The zero-order valence-electron chi connectivity index (χ0n) is 33.5. The van der Waals surface area contributed by atoms with Crippen LogP contribution in [-0.4, -0.2) is 65.4 Å². The zero-order chi connectivity index (χ0) is 44.9. The zero-order valence-corrected chi connectivity index (χ0v) is 35.9. The van der Waals surface area contributed by atoms with Gasteiger partial charge in [0.2, 0.25) is 11.9 Å². The first-order chi connectivity index (χ1) is 28.8. The summed E-state index contributed by atoms with van der Waals surface area (Å²) < 4.78 is 119. The topological polar surface area (TPSA) is 193 Å². The molecule has 0 aliphatic carbocycles. The summed E-state index contributed by atoms with van der Waals surface area (Å²) in [6.45, 7) is 4.66. The van der Waals surface area contributed by atoms with E-state index < -0.39 is 72.2 Å². The van der Waals surface area contributed by atoms with Gasteiger partial charge in [-0.3, -0.25) is 0 Å². The van der Waals surface area contributed by atoms with E-state index in [9.17, 15) is 45.3 Å². The maximum Gasteiger partial charge on any atom is 0.410 e. The van der Waals surface area contributed by atoms with Crippen molar-refractivity contribution in [3.8, 4) is 34.7 Å². The second kappa shape index (κ2) is 19.4. The molecule has 14 nitrogen and oxygen atoms in total. The van der Waals surface area contributed by atoms with Gasteiger partial charge in [-0.25, -0.2) is 48.3 Å². The van der Waals surface area contributed by atoms with Crippen molar-refractivity contribution in [2.24, 2.45) is 0 Å². The third kappa shape index (κ3) is 9.96. The van der Waals surface area contributed by atoms with Gasteiger partial charge in [0.05, 0.1) is 28.8 Å². The molecule has 21 heteroatoms. The summed E-state index contributed by atoms with van der Waals surface area (Å²) >= 11 is 0. The van der Waals surface area contributed by atoms with Crippen molar-refractivity contribution in [3.63, 3.8) is 0 Å². The number of benzene rings is 2. The first kappa shape index (κ1) is 48.1. The molecule has 4 heterocycles. The molecule has 324 valence electrons. The Labute approximate surface area is 361 Å². The van der Waals surface area contributed by atoms with Crippen LogP contribution in [0.5, 0.6) is 0 Å². The summed E-state index contributed by atoms with van der Waals surface area (Å²) in [7, 11) is -5.98. The van der Waals surface area contributed by atoms with Crippen LogP contribution in [0.3, 0.4) is 0 Å². The highest BCUT2D eigenvalue weighted by atomic mass is 35.5. The quantitative estimate of drug-likeness (QED) is 0.106. The van der Waals surface area contributed by atoms with Gasteiger partial charge in [0.25, 0.3) is 20.0 Å². The second-order valence-corrected chi connectivity index (χ2v) is 17.6. The Morgan fingerprint density at radius 2 is 1.16 bits per heavy atom. The highest BCUT2D eigenvalue weighted by Gasteiger charge is 2.32. The number of hydrogen-bond donors (Lipinski definition) is 1. The van der Waals surface area contributed by atoms with Crippen molar-refractivity contribution in [3.05, 3.63) is 143 Å². The van der Waals surface area contributed by atoms with Crippen LogP contribution in [0.25, 0.3) is 22.5 Å². The number of pyridine rings is 2. The van der Waals surface area contributed by atoms with Crippen LogP contribution in [-0.2, 0) is 37.9 Å². The normalized spacial score (nSPS) is 11.3. The minimum Gasteiger partial charge on any atom is -0.444 e. The lowest BCUT2D eigenvalue weighted by Crippen LogP contribution is -2.33. The number of carbonyl (C=O) groups excluding carboxylic acids is 1. The SMILES string of the molecule is CN(Cc1cn(S(=O)(=O)c2ccccc2C#N)c(-c2cccnc2F)c1F)C(=O)OC(C)(C)C.CNCc1cn(S(=O)(=O)c2ccccc2C#N)c(-c2cccnc2F)c1F.Cl. The number of amides is 1. The van der Waals surface area contributed by atoms with Gasteiger partial charge in [0, 0.05) is 49.5 Å². The molecule has 0 saturated carbocycles. The number of nitrogens with zero attached hydrogens (tertiary/aromatic N) is 7. The van der Waals surface area contributed by atoms with Crippen LogP contribution in [0.1, 0.15) is 43.0 Å². The Hall–Kier alpha value is -6.58. The second-order valence-electron chi connectivity index (χ2n) is 14.0. The Bertz CT molecular complexity index is 2940. The first-order valence-electron chi connectivity index (χ1n) is 17.9. The maximum absolute atomic E-state index is 15.6. The number of halogens is 5. The van der Waals surface area contributed by atoms with Gasteiger partial charge < -0.3 is 15.0 Å². The van der Waals surface area contributed by atoms with E-state index in [1.807, 2.05) is 0 Å². The lowest BCUT2D eigenvalue weighted by molar-refractivity contribution is 0.0284. The standard InChI is InChI=1S/C23H22F2N4O4S.C18H14F2N4O2S.ClH/c1-23(2,3)33-22(30)28(4)13-16-14-29(20(19(16)24)17-9-7-11-27-21(17)25)34(31,32)18-10-6-5-8-15(18)12-26;1-22-10-13-11-24(17(16(13)19)14-6-4-8-23-18(14)20)27(25,26)15-7-3-2-5-12(15)9-21;/h5-11,14H,13H2,1-4H3;2-8,11,22H,10H2,1H3;1H. The van der Waals surface area contributed by atoms with Crippen LogP contribution in [0.2, 0.25) is 0 Å². The van der Waals surface area contributed by atoms with Gasteiger partial charge in [-0.2, -0.15) is 19.3 Å². The molecular formula is C41H37ClF4N8O6S2. The lowest BCUT2D eigenvalue weighted by atomic mass is 10.1. The van der Waals surface area contributed by atoms with E-state index in [0.717, 1.165) is 23.5 Å². The van der Waals surface area contributed by atoms with Gasteiger partial charge in [0.1, 0.15) is 38.9 Å². The fraction of sp³-hybridized carbons (Fsp3) is 0.195.